The van der Waals surface area contributed by atoms with Crippen molar-refractivity contribution in [2.45, 2.75) is 6.61 Å². The van der Waals surface area contributed by atoms with Crippen LogP contribution in [0.15, 0.2) is 54.6 Å². The zero-order chi connectivity index (χ0) is 14.9. The summed E-state index contributed by atoms with van der Waals surface area (Å²) >= 11 is 1.19. The summed E-state index contributed by atoms with van der Waals surface area (Å²) in [6.45, 7) is 0.228. The van der Waals surface area contributed by atoms with Gasteiger partial charge in [-0.3, -0.25) is 4.40 Å². The van der Waals surface area contributed by atoms with Gasteiger partial charge >= 0.3 is 5.97 Å². The molecule has 0 saturated carbocycles. The fourth-order valence-electron chi connectivity index (χ4n) is 2.31. The zero-order valence-corrected chi connectivity index (χ0v) is 12.3. The fraction of sp³-hybridized carbons (Fsp3) is 0.0625. The number of aromatic nitrogens is 3. The maximum atomic E-state index is 12.3. The molecule has 0 radical (unpaired) electrons. The Kier molecular flexibility index (Phi) is 3.08. The third kappa shape index (κ3) is 2.14. The van der Waals surface area contributed by atoms with Crippen molar-refractivity contribution in [3.8, 4) is 0 Å². The van der Waals surface area contributed by atoms with E-state index in [9.17, 15) is 4.79 Å². The summed E-state index contributed by atoms with van der Waals surface area (Å²) in [5.41, 5.74) is 2.64. The quantitative estimate of drug-likeness (QED) is 0.545. The van der Waals surface area contributed by atoms with E-state index < -0.39 is 5.97 Å². The van der Waals surface area contributed by atoms with Gasteiger partial charge < -0.3 is 4.74 Å². The highest BCUT2D eigenvalue weighted by atomic mass is 32.1. The molecule has 0 amide bonds. The van der Waals surface area contributed by atoms with E-state index in [1.54, 1.807) is 4.40 Å². The van der Waals surface area contributed by atoms with Crippen LogP contribution < -0.4 is 0 Å². The summed E-state index contributed by atoms with van der Waals surface area (Å²) in [6.07, 6.45) is 0. The summed E-state index contributed by atoms with van der Waals surface area (Å²) < 4.78 is 11.3. The molecule has 0 fully saturated rings. The van der Waals surface area contributed by atoms with E-state index in [2.05, 4.69) is 9.36 Å². The van der Waals surface area contributed by atoms with E-state index in [0.717, 1.165) is 16.6 Å². The Hall–Kier alpha value is -2.73. The van der Waals surface area contributed by atoms with Crippen LogP contribution in [0.3, 0.4) is 0 Å². The van der Waals surface area contributed by atoms with E-state index in [-0.39, 0.29) is 12.4 Å². The van der Waals surface area contributed by atoms with Crippen molar-refractivity contribution in [2.75, 3.05) is 0 Å². The van der Waals surface area contributed by atoms with Crippen LogP contribution in [-0.4, -0.2) is 19.7 Å². The Morgan fingerprint density at radius 1 is 1.09 bits per heavy atom. The van der Waals surface area contributed by atoms with Crippen LogP contribution in [0.1, 0.15) is 16.2 Å². The topological polar surface area (TPSA) is 56.5 Å². The van der Waals surface area contributed by atoms with Gasteiger partial charge in [0.1, 0.15) is 6.61 Å². The first-order chi connectivity index (χ1) is 10.8. The lowest BCUT2D eigenvalue weighted by Crippen LogP contribution is -2.09. The van der Waals surface area contributed by atoms with Gasteiger partial charge in [0.15, 0.2) is 0 Å². The Morgan fingerprint density at radius 2 is 1.86 bits per heavy atom. The summed E-state index contributed by atoms with van der Waals surface area (Å²) in [5.74, 6) is -0.178. The van der Waals surface area contributed by atoms with Gasteiger partial charge in [-0.1, -0.05) is 42.5 Å². The smallest absolute Gasteiger partial charge is 0.376 e. The lowest BCUT2D eigenvalue weighted by molar-refractivity contribution is 0.0458. The first-order valence-electron chi connectivity index (χ1n) is 6.77. The molecule has 2 aromatic carbocycles. The molecule has 108 valence electrons. The molecule has 0 atom stereocenters. The molecule has 4 rings (SSSR count). The van der Waals surface area contributed by atoms with E-state index in [0.29, 0.717) is 4.96 Å². The van der Waals surface area contributed by atoms with E-state index >= 15 is 0 Å². The van der Waals surface area contributed by atoms with Crippen molar-refractivity contribution in [1.82, 2.24) is 13.8 Å². The molecule has 0 spiro atoms. The van der Waals surface area contributed by atoms with Crippen LogP contribution in [0.25, 0.3) is 16.0 Å². The Balaban J connectivity index is 1.67. The van der Waals surface area contributed by atoms with Gasteiger partial charge in [-0.15, -0.1) is 0 Å². The molecule has 0 aliphatic rings. The van der Waals surface area contributed by atoms with Crippen LogP contribution in [0.2, 0.25) is 0 Å². The van der Waals surface area contributed by atoms with Crippen LogP contribution in [-0.2, 0) is 11.3 Å². The number of carbonyl (C=O) groups excluding carboxylic acids is 1. The summed E-state index contributed by atoms with van der Waals surface area (Å²) in [4.78, 5) is 17.4. The first-order valence-corrected chi connectivity index (χ1v) is 7.54. The van der Waals surface area contributed by atoms with Crippen molar-refractivity contribution in [2.24, 2.45) is 0 Å². The van der Waals surface area contributed by atoms with Gasteiger partial charge in [0.2, 0.25) is 10.8 Å². The highest BCUT2D eigenvalue weighted by Gasteiger charge is 2.19. The molecule has 0 unspecified atom stereocenters. The minimum Gasteiger partial charge on any atom is -0.455 e. The largest absolute Gasteiger partial charge is 0.455 e. The second kappa shape index (κ2) is 5.23. The molecule has 0 saturated heterocycles. The number of ether oxygens (including phenoxy) is 1. The Labute approximate surface area is 130 Å². The predicted molar refractivity (Wildman–Crippen MR) is 83.9 cm³/mol. The number of hydrogen-bond acceptors (Lipinski definition) is 5. The molecule has 0 aliphatic carbocycles. The lowest BCUT2D eigenvalue weighted by atomic mass is 10.2. The number of para-hydroxylation sites is 2. The van der Waals surface area contributed by atoms with Crippen LogP contribution >= 0.6 is 11.5 Å². The first kappa shape index (κ1) is 13.0. The number of rotatable bonds is 3. The van der Waals surface area contributed by atoms with Gasteiger partial charge in [-0.2, -0.15) is 4.37 Å². The number of carbonyl (C=O) groups is 1. The molecule has 2 heterocycles. The summed E-state index contributed by atoms with van der Waals surface area (Å²) in [7, 11) is 0. The third-order valence-electron chi connectivity index (χ3n) is 3.35. The van der Waals surface area contributed by atoms with Crippen LogP contribution in [0.5, 0.6) is 0 Å². The molecule has 2 aromatic heterocycles. The zero-order valence-electron chi connectivity index (χ0n) is 11.5. The molecular formula is C16H11N3O2S. The Bertz CT molecular complexity index is 959. The van der Waals surface area contributed by atoms with Gasteiger partial charge in [0, 0.05) is 11.5 Å². The normalized spacial score (nSPS) is 11.1. The number of imidazole rings is 1. The van der Waals surface area contributed by atoms with E-state index in [1.165, 1.54) is 11.5 Å². The van der Waals surface area contributed by atoms with Crippen molar-refractivity contribution in [3.63, 3.8) is 0 Å². The number of nitrogens with zero attached hydrogens (tertiary/aromatic N) is 3. The Morgan fingerprint density at radius 3 is 2.73 bits per heavy atom. The maximum Gasteiger partial charge on any atom is 0.376 e. The van der Waals surface area contributed by atoms with Crippen LogP contribution in [0.4, 0.5) is 0 Å². The van der Waals surface area contributed by atoms with Gasteiger partial charge in [0.05, 0.1) is 11.0 Å². The standard InChI is InChI=1S/C16H11N3O2S/c20-15(21-10-11-6-2-1-3-7-11)14-18-22-16-17-12-8-4-5-9-13(12)19(14)16/h1-9H,10H2. The highest BCUT2D eigenvalue weighted by Crippen LogP contribution is 2.21. The molecule has 4 aromatic rings. The molecule has 6 heteroatoms. The number of esters is 1. The molecule has 0 aliphatic heterocycles. The maximum absolute atomic E-state index is 12.3. The molecule has 0 bridgehead atoms. The number of fused-ring (bicyclic) bond motifs is 3. The molecular weight excluding hydrogens is 298 g/mol. The minimum absolute atomic E-state index is 0.228. The van der Waals surface area contributed by atoms with Gasteiger partial charge in [0.25, 0.3) is 0 Å². The SMILES string of the molecule is O=C(OCc1ccccc1)c1nsc2nc3ccccc3n12. The summed E-state index contributed by atoms with van der Waals surface area (Å²) in [6, 6.07) is 17.2. The second-order valence-corrected chi connectivity index (χ2v) is 5.52. The lowest BCUT2D eigenvalue weighted by Gasteiger charge is -2.03. The third-order valence-corrected chi connectivity index (χ3v) is 4.05. The van der Waals surface area contributed by atoms with Crippen molar-refractivity contribution >= 4 is 33.5 Å². The predicted octanol–water partition coefficient (Wildman–Crippen LogP) is 3.30. The minimum atomic E-state index is -0.446. The molecule has 22 heavy (non-hydrogen) atoms. The van der Waals surface area contributed by atoms with Gasteiger partial charge in [-0.25, -0.2) is 9.78 Å². The fourth-order valence-corrected chi connectivity index (χ4v) is 3.04. The van der Waals surface area contributed by atoms with Crippen molar-refractivity contribution in [3.05, 3.63) is 66.0 Å². The molecule has 0 N–H and O–H groups in total. The van der Waals surface area contributed by atoms with Crippen molar-refractivity contribution < 1.29 is 9.53 Å². The van der Waals surface area contributed by atoms with Gasteiger partial charge in [-0.05, 0) is 17.7 Å². The van der Waals surface area contributed by atoms with Crippen molar-refractivity contribution in [1.29, 1.82) is 0 Å². The molecule has 5 nitrogen and oxygen atoms in total. The number of hydrogen-bond donors (Lipinski definition) is 0. The number of benzene rings is 2. The van der Waals surface area contributed by atoms with E-state index in [4.69, 9.17) is 4.74 Å². The van der Waals surface area contributed by atoms with Crippen LogP contribution in [0, 0.1) is 0 Å². The average Bonchev–Trinajstić information content (AvgIpc) is 3.12. The second-order valence-electron chi connectivity index (χ2n) is 4.79. The summed E-state index contributed by atoms with van der Waals surface area (Å²) in [5, 5.41) is 0. The van der Waals surface area contributed by atoms with E-state index in [1.807, 2.05) is 54.6 Å². The average molecular weight is 309 g/mol. The monoisotopic (exact) mass is 309 g/mol. The highest BCUT2D eigenvalue weighted by molar-refractivity contribution is 7.11.